The van der Waals surface area contributed by atoms with Crippen LogP contribution in [0.4, 0.5) is 0 Å². The van der Waals surface area contributed by atoms with Crippen LogP contribution in [0.2, 0.25) is 0 Å². The summed E-state index contributed by atoms with van der Waals surface area (Å²) in [6.45, 7) is 0. The van der Waals surface area contributed by atoms with Crippen LogP contribution >= 0.6 is 11.3 Å². The van der Waals surface area contributed by atoms with E-state index in [1.165, 1.54) is 0 Å². The molecule has 0 aliphatic carbocycles. The number of hydrogen-bond donors (Lipinski definition) is 2. The standard InChI is InChI=1S/C12H9N3OS/c13-12(16)9-5-7(10-2-1-3-17-10)4-8-6-14-15-11(8)9/h1-6H,(H2,13,16)(H,14,15). The molecule has 17 heavy (non-hydrogen) atoms. The highest BCUT2D eigenvalue weighted by Gasteiger charge is 2.11. The van der Waals surface area contributed by atoms with Gasteiger partial charge in [-0.05, 0) is 29.1 Å². The fourth-order valence-electron chi connectivity index (χ4n) is 1.84. The number of nitrogens with two attached hydrogens (primary N) is 1. The maximum absolute atomic E-state index is 11.4. The summed E-state index contributed by atoms with van der Waals surface area (Å²) in [5, 5.41) is 9.62. The summed E-state index contributed by atoms with van der Waals surface area (Å²) in [6.07, 6.45) is 1.69. The van der Waals surface area contributed by atoms with E-state index in [0.29, 0.717) is 11.1 Å². The van der Waals surface area contributed by atoms with Gasteiger partial charge in [0.2, 0.25) is 0 Å². The molecule has 0 saturated carbocycles. The average Bonchev–Trinajstić information content (AvgIpc) is 2.98. The minimum atomic E-state index is -0.447. The van der Waals surface area contributed by atoms with Gasteiger partial charge in [-0.1, -0.05) is 6.07 Å². The zero-order valence-corrected chi connectivity index (χ0v) is 9.62. The Balaban J connectivity index is 2.31. The molecule has 1 aromatic carbocycles. The molecule has 2 heterocycles. The number of aromatic amines is 1. The summed E-state index contributed by atoms with van der Waals surface area (Å²) in [5.74, 6) is -0.447. The molecule has 0 unspecified atom stereocenters. The van der Waals surface area contributed by atoms with Crippen molar-refractivity contribution in [2.45, 2.75) is 0 Å². The van der Waals surface area contributed by atoms with E-state index < -0.39 is 5.91 Å². The van der Waals surface area contributed by atoms with Crippen molar-refractivity contribution in [3.05, 3.63) is 41.4 Å². The van der Waals surface area contributed by atoms with E-state index in [4.69, 9.17) is 5.73 Å². The number of fused-ring (bicyclic) bond motifs is 1. The number of rotatable bonds is 2. The van der Waals surface area contributed by atoms with Crippen molar-refractivity contribution >= 4 is 28.1 Å². The Morgan fingerprint density at radius 2 is 2.29 bits per heavy atom. The summed E-state index contributed by atoms with van der Waals surface area (Å²) >= 11 is 1.62. The second kappa shape index (κ2) is 3.71. The van der Waals surface area contributed by atoms with E-state index in [1.54, 1.807) is 23.6 Å². The Morgan fingerprint density at radius 3 is 3.00 bits per heavy atom. The SMILES string of the molecule is NC(=O)c1cc(-c2cccs2)cc2cn[nH]c12. The minimum Gasteiger partial charge on any atom is -0.366 e. The summed E-state index contributed by atoms with van der Waals surface area (Å²) in [7, 11) is 0. The number of H-pyrrole nitrogens is 1. The number of nitrogens with one attached hydrogen (secondary N) is 1. The van der Waals surface area contributed by atoms with Crippen LogP contribution < -0.4 is 5.73 Å². The third-order valence-electron chi connectivity index (χ3n) is 2.62. The molecule has 0 aliphatic rings. The number of hydrogen-bond acceptors (Lipinski definition) is 3. The number of thiophene rings is 1. The zero-order chi connectivity index (χ0) is 11.8. The van der Waals surface area contributed by atoms with Gasteiger partial charge in [0.05, 0.1) is 17.3 Å². The number of nitrogens with zero attached hydrogens (tertiary/aromatic N) is 1. The van der Waals surface area contributed by atoms with Crippen molar-refractivity contribution in [3.63, 3.8) is 0 Å². The maximum Gasteiger partial charge on any atom is 0.250 e. The largest absolute Gasteiger partial charge is 0.366 e. The van der Waals surface area contributed by atoms with Gasteiger partial charge in [0.1, 0.15) is 0 Å². The number of benzene rings is 1. The fraction of sp³-hybridized carbons (Fsp3) is 0. The predicted molar refractivity (Wildman–Crippen MR) is 67.9 cm³/mol. The molecule has 0 aliphatic heterocycles. The van der Waals surface area contributed by atoms with Crippen molar-refractivity contribution in [2.24, 2.45) is 5.73 Å². The molecular weight excluding hydrogens is 234 g/mol. The summed E-state index contributed by atoms with van der Waals surface area (Å²) in [4.78, 5) is 12.5. The van der Waals surface area contributed by atoms with Gasteiger partial charge in [-0.15, -0.1) is 11.3 Å². The lowest BCUT2D eigenvalue weighted by molar-refractivity contribution is 0.100. The van der Waals surface area contributed by atoms with Crippen LogP contribution in [0.25, 0.3) is 21.3 Å². The van der Waals surface area contributed by atoms with Crippen LogP contribution in [-0.2, 0) is 0 Å². The van der Waals surface area contributed by atoms with E-state index in [-0.39, 0.29) is 0 Å². The van der Waals surface area contributed by atoms with E-state index in [1.807, 2.05) is 23.6 Å². The molecule has 5 heteroatoms. The van der Waals surface area contributed by atoms with E-state index in [2.05, 4.69) is 10.2 Å². The molecule has 3 rings (SSSR count). The van der Waals surface area contributed by atoms with E-state index >= 15 is 0 Å². The highest BCUT2D eigenvalue weighted by Crippen LogP contribution is 2.29. The molecule has 3 aromatic rings. The van der Waals surface area contributed by atoms with Gasteiger partial charge in [-0.25, -0.2) is 0 Å². The van der Waals surface area contributed by atoms with Gasteiger partial charge >= 0.3 is 0 Å². The molecule has 0 spiro atoms. The summed E-state index contributed by atoms with van der Waals surface area (Å²) in [5.41, 5.74) is 7.53. The second-order valence-electron chi connectivity index (χ2n) is 3.70. The molecule has 1 amide bonds. The van der Waals surface area contributed by atoms with Crippen molar-refractivity contribution in [2.75, 3.05) is 0 Å². The Hall–Kier alpha value is -2.14. The molecule has 0 fully saturated rings. The van der Waals surface area contributed by atoms with E-state index in [9.17, 15) is 4.79 Å². The number of carbonyl (C=O) groups is 1. The number of amides is 1. The lowest BCUT2D eigenvalue weighted by Gasteiger charge is -2.02. The molecule has 4 nitrogen and oxygen atoms in total. The Morgan fingerprint density at radius 1 is 1.41 bits per heavy atom. The van der Waals surface area contributed by atoms with Crippen molar-refractivity contribution < 1.29 is 4.79 Å². The van der Waals surface area contributed by atoms with Crippen LogP contribution in [0.15, 0.2) is 35.8 Å². The Kier molecular flexibility index (Phi) is 2.19. The van der Waals surface area contributed by atoms with E-state index in [0.717, 1.165) is 15.8 Å². The van der Waals surface area contributed by atoms with Gasteiger partial charge in [-0.3, -0.25) is 9.89 Å². The molecule has 0 saturated heterocycles. The summed E-state index contributed by atoms with van der Waals surface area (Å²) in [6, 6.07) is 7.78. The molecule has 3 N–H and O–H groups in total. The first-order valence-electron chi connectivity index (χ1n) is 5.06. The van der Waals surface area contributed by atoms with Crippen molar-refractivity contribution in [3.8, 4) is 10.4 Å². The lowest BCUT2D eigenvalue weighted by atomic mass is 10.1. The number of aromatic nitrogens is 2. The first-order valence-corrected chi connectivity index (χ1v) is 5.94. The molecule has 84 valence electrons. The normalized spacial score (nSPS) is 10.8. The number of primary amides is 1. The average molecular weight is 243 g/mol. The highest BCUT2D eigenvalue weighted by atomic mass is 32.1. The number of carbonyl (C=O) groups excluding carboxylic acids is 1. The maximum atomic E-state index is 11.4. The monoisotopic (exact) mass is 243 g/mol. The summed E-state index contributed by atoms with van der Waals surface area (Å²) < 4.78 is 0. The molecule has 0 bridgehead atoms. The highest BCUT2D eigenvalue weighted by molar-refractivity contribution is 7.13. The minimum absolute atomic E-state index is 0.447. The quantitative estimate of drug-likeness (QED) is 0.725. The van der Waals surface area contributed by atoms with Crippen LogP contribution in [0.5, 0.6) is 0 Å². The first-order chi connectivity index (χ1) is 8.25. The molecule has 2 aromatic heterocycles. The third-order valence-corrected chi connectivity index (χ3v) is 3.54. The van der Waals surface area contributed by atoms with Crippen LogP contribution in [0.3, 0.4) is 0 Å². The lowest BCUT2D eigenvalue weighted by Crippen LogP contribution is -2.11. The van der Waals surface area contributed by atoms with Gasteiger partial charge in [-0.2, -0.15) is 5.10 Å². The third kappa shape index (κ3) is 1.60. The van der Waals surface area contributed by atoms with Gasteiger partial charge in [0, 0.05) is 10.3 Å². The zero-order valence-electron chi connectivity index (χ0n) is 8.81. The fourth-order valence-corrected chi connectivity index (χ4v) is 2.55. The molecule has 0 radical (unpaired) electrons. The van der Waals surface area contributed by atoms with Gasteiger partial charge in [0.15, 0.2) is 0 Å². The van der Waals surface area contributed by atoms with Crippen molar-refractivity contribution in [1.29, 1.82) is 0 Å². The Bertz CT molecular complexity index is 685. The van der Waals surface area contributed by atoms with Crippen LogP contribution in [0.1, 0.15) is 10.4 Å². The predicted octanol–water partition coefficient (Wildman–Crippen LogP) is 2.39. The van der Waals surface area contributed by atoms with Crippen molar-refractivity contribution in [1.82, 2.24) is 10.2 Å². The second-order valence-corrected chi connectivity index (χ2v) is 4.65. The first kappa shape index (κ1) is 10.0. The smallest absolute Gasteiger partial charge is 0.250 e. The Labute approximate surface area is 101 Å². The van der Waals surface area contributed by atoms with Crippen LogP contribution in [0, 0.1) is 0 Å². The molecular formula is C12H9N3OS. The molecule has 0 atom stereocenters. The van der Waals surface area contributed by atoms with Crippen LogP contribution in [-0.4, -0.2) is 16.1 Å². The van der Waals surface area contributed by atoms with Gasteiger partial charge < -0.3 is 5.73 Å². The van der Waals surface area contributed by atoms with Gasteiger partial charge in [0.25, 0.3) is 5.91 Å². The topological polar surface area (TPSA) is 71.8 Å².